The van der Waals surface area contributed by atoms with Gasteiger partial charge < -0.3 is 15.3 Å². The summed E-state index contributed by atoms with van der Waals surface area (Å²) in [5, 5.41) is 14.4. The Morgan fingerprint density at radius 3 is 2.36 bits per heavy atom. The van der Waals surface area contributed by atoms with Crippen LogP contribution in [0.3, 0.4) is 0 Å². The number of halogens is 1. The maximum atomic E-state index is 14.0. The van der Waals surface area contributed by atoms with E-state index in [2.05, 4.69) is 9.71 Å². The second-order valence-corrected chi connectivity index (χ2v) is 14.7. The standard InChI is InChI=1S/C27H28FN3O6S2/c1-38(34,35)14-16-4-11-20-21(12-16)39(36,37)30-26(29-20)23-25(32)22-17-5-7-18(8-6-17)24(22)31(27(23)33)13-15-2-9-19(28)10-3-15/h2-4,9-12,17-18,22,24,32H,5-8,13-14H2,1H3,(H,29,30)/t17?,18?,22?,24-/m0/s1. The molecule has 0 aromatic heterocycles. The molecule has 5 aliphatic rings. The summed E-state index contributed by atoms with van der Waals surface area (Å²) in [6, 6.07) is 9.84. The predicted molar refractivity (Wildman–Crippen MR) is 143 cm³/mol. The van der Waals surface area contributed by atoms with E-state index in [-0.39, 0.29) is 69.7 Å². The van der Waals surface area contributed by atoms with Gasteiger partial charge in [0.2, 0.25) is 0 Å². The first-order valence-corrected chi connectivity index (χ1v) is 16.3. The van der Waals surface area contributed by atoms with Crippen LogP contribution in [0, 0.1) is 23.6 Å². The molecular formula is C27H28FN3O6S2. The van der Waals surface area contributed by atoms with Gasteiger partial charge in [-0.1, -0.05) is 18.2 Å². The number of aliphatic hydroxyl groups is 1. The number of aliphatic hydroxyl groups excluding tert-OH is 1. The van der Waals surface area contributed by atoms with Crippen molar-refractivity contribution in [3.05, 3.63) is 70.7 Å². The number of amides is 1. The second-order valence-electron chi connectivity index (χ2n) is 11.0. The van der Waals surface area contributed by atoms with Crippen LogP contribution in [0.15, 0.2) is 63.1 Å². The highest BCUT2D eigenvalue weighted by molar-refractivity contribution is 7.90. The lowest BCUT2D eigenvalue weighted by atomic mass is 9.59. The summed E-state index contributed by atoms with van der Waals surface area (Å²) >= 11 is 0. The largest absolute Gasteiger partial charge is 0.511 e. The molecule has 3 saturated carbocycles. The Morgan fingerprint density at radius 1 is 1.05 bits per heavy atom. The van der Waals surface area contributed by atoms with Gasteiger partial charge in [-0.2, -0.15) is 8.42 Å². The van der Waals surface area contributed by atoms with Gasteiger partial charge in [0.15, 0.2) is 15.7 Å². The van der Waals surface area contributed by atoms with Crippen molar-refractivity contribution >= 4 is 37.3 Å². The van der Waals surface area contributed by atoms with Crippen molar-refractivity contribution in [2.24, 2.45) is 22.2 Å². The van der Waals surface area contributed by atoms with Crippen LogP contribution in [0.1, 0.15) is 36.8 Å². The number of carbonyl (C=O) groups is 1. The summed E-state index contributed by atoms with van der Waals surface area (Å²) in [5.74, 6) is -1.67. The minimum Gasteiger partial charge on any atom is -0.511 e. The van der Waals surface area contributed by atoms with E-state index >= 15 is 0 Å². The highest BCUT2D eigenvalue weighted by Gasteiger charge is 2.54. The summed E-state index contributed by atoms with van der Waals surface area (Å²) in [4.78, 5) is 15.5. The van der Waals surface area contributed by atoms with Gasteiger partial charge in [0.25, 0.3) is 15.9 Å². The number of sulfone groups is 1. The van der Waals surface area contributed by atoms with E-state index in [4.69, 9.17) is 0 Å². The van der Waals surface area contributed by atoms with Crippen LogP contribution < -0.4 is 5.32 Å². The maximum Gasteiger partial charge on any atom is 0.286 e. The van der Waals surface area contributed by atoms with Crippen molar-refractivity contribution < 1.29 is 31.1 Å². The Kier molecular flexibility index (Phi) is 6.10. The third kappa shape index (κ3) is 4.63. The average molecular weight is 574 g/mol. The molecule has 2 aromatic rings. The number of anilines is 1. The van der Waals surface area contributed by atoms with Crippen molar-refractivity contribution in [3.8, 4) is 0 Å². The van der Waals surface area contributed by atoms with Gasteiger partial charge in [-0.25, -0.2) is 12.8 Å². The van der Waals surface area contributed by atoms with Crippen molar-refractivity contribution in [2.75, 3.05) is 11.6 Å². The van der Waals surface area contributed by atoms with Gasteiger partial charge in [0.1, 0.15) is 22.0 Å². The number of hydrogen-bond acceptors (Lipinski definition) is 7. The van der Waals surface area contributed by atoms with Crippen LogP contribution in [0.4, 0.5) is 10.1 Å². The van der Waals surface area contributed by atoms with Crippen LogP contribution in [-0.4, -0.2) is 50.9 Å². The number of amidine groups is 1. The normalized spacial score (nSPS) is 27.5. The van der Waals surface area contributed by atoms with Gasteiger partial charge in [-0.3, -0.25) is 4.79 Å². The Morgan fingerprint density at radius 2 is 1.69 bits per heavy atom. The molecule has 3 aliphatic carbocycles. The molecule has 0 saturated heterocycles. The molecule has 2 atom stereocenters. The minimum atomic E-state index is -4.31. The monoisotopic (exact) mass is 573 g/mol. The summed E-state index contributed by atoms with van der Waals surface area (Å²) in [5.41, 5.74) is 0.978. The molecule has 0 radical (unpaired) electrons. The molecule has 7 rings (SSSR count). The molecule has 2 heterocycles. The van der Waals surface area contributed by atoms with E-state index in [0.717, 1.165) is 37.5 Å². The number of nitrogens with one attached hydrogen (secondary N) is 1. The zero-order valence-electron chi connectivity index (χ0n) is 21.2. The van der Waals surface area contributed by atoms with Crippen molar-refractivity contribution in [2.45, 2.75) is 48.9 Å². The van der Waals surface area contributed by atoms with Crippen LogP contribution >= 0.6 is 0 Å². The molecule has 3 fully saturated rings. The maximum absolute atomic E-state index is 14.0. The van der Waals surface area contributed by atoms with E-state index in [0.29, 0.717) is 5.56 Å². The Balaban J connectivity index is 1.42. The molecule has 2 N–H and O–H groups in total. The number of sulfonamides is 1. The predicted octanol–water partition coefficient (Wildman–Crippen LogP) is 3.54. The average Bonchev–Trinajstić information content (AvgIpc) is 2.87. The lowest BCUT2D eigenvalue weighted by molar-refractivity contribution is -0.140. The lowest BCUT2D eigenvalue weighted by Gasteiger charge is -2.54. The zero-order valence-corrected chi connectivity index (χ0v) is 22.8. The summed E-state index contributed by atoms with van der Waals surface area (Å²) < 4.78 is 67.3. The van der Waals surface area contributed by atoms with Crippen LogP contribution in [0.2, 0.25) is 0 Å². The summed E-state index contributed by atoms with van der Waals surface area (Å²) in [7, 11) is -7.71. The fourth-order valence-electron chi connectivity index (χ4n) is 6.70. The molecular weight excluding hydrogens is 545 g/mol. The lowest BCUT2D eigenvalue weighted by Crippen LogP contribution is -2.60. The summed E-state index contributed by atoms with van der Waals surface area (Å²) in [6.07, 6.45) is 4.76. The van der Waals surface area contributed by atoms with Crippen LogP contribution in [0.25, 0.3) is 0 Å². The first-order chi connectivity index (χ1) is 18.4. The summed E-state index contributed by atoms with van der Waals surface area (Å²) in [6.45, 7) is 0.186. The third-order valence-corrected chi connectivity index (χ3v) is 10.5. The Bertz CT molecular complexity index is 1640. The fraction of sp³-hybridized carbons (Fsp3) is 0.407. The molecule has 9 nitrogen and oxygen atoms in total. The Labute approximate surface area is 226 Å². The van der Waals surface area contributed by atoms with Gasteiger partial charge >= 0.3 is 0 Å². The molecule has 1 unspecified atom stereocenters. The molecule has 1 amide bonds. The third-order valence-electron chi connectivity index (χ3n) is 8.30. The van der Waals surface area contributed by atoms with Crippen LogP contribution in [-0.2, 0) is 37.0 Å². The second kappa shape index (κ2) is 9.16. The molecule has 2 bridgehead atoms. The van der Waals surface area contributed by atoms with Crippen molar-refractivity contribution in [1.82, 2.24) is 4.90 Å². The van der Waals surface area contributed by atoms with E-state index in [1.54, 1.807) is 17.0 Å². The van der Waals surface area contributed by atoms with Gasteiger partial charge in [-0.05, 0) is 72.9 Å². The van der Waals surface area contributed by atoms with E-state index in [1.165, 1.54) is 30.3 Å². The highest BCUT2D eigenvalue weighted by Crippen LogP contribution is 2.52. The molecule has 2 aliphatic heterocycles. The van der Waals surface area contributed by atoms with Crippen molar-refractivity contribution in [3.63, 3.8) is 0 Å². The number of fused-ring (bicyclic) bond motifs is 3. The molecule has 0 spiro atoms. The van der Waals surface area contributed by atoms with Gasteiger partial charge in [-0.15, -0.1) is 4.40 Å². The van der Waals surface area contributed by atoms with Crippen molar-refractivity contribution in [1.29, 1.82) is 0 Å². The first-order valence-electron chi connectivity index (χ1n) is 12.8. The molecule has 39 heavy (non-hydrogen) atoms. The smallest absolute Gasteiger partial charge is 0.286 e. The van der Waals surface area contributed by atoms with E-state index in [9.17, 15) is 31.1 Å². The number of rotatable bonds is 5. The van der Waals surface area contributed by atoms with Crippen LogP contribution in [0.5, 0.6) is 0 Å². The highest BCUT2D eigenvalue weighted by atomic mass is 32.2. The Hall–Kier alpha value is -3.25. The SMILES string of the molecule is CS(=O)(=O)Cc1ccc2c(c1)S(=O)(=O)N=C(C1=C(O)C3C4CCC(CC4)[C@@H]3N(Cc3ccc(F)cc3)C1=O)N2. The van der Waals surface area contributed by atoms with Gasteiger partial charge in [0, 0.05) is 24.8 Å². The number of carbonyl (C=O) groups excluding carboxylic acids is 1. The fourth-order valence-corrected chi connectivity index (χ4v) is 8.65. The number of hydrogen-bond donors (Lipinski definition) is 2. The van der Waals surface area contributed by atoms with E-state index < -0.39 is 25.8 Å². The molecule has 206 valence electrons. The molecule has 2 aromatic carbocycles. The topological polar surface area (TPSA) is 133 Å². The number of nitrogens with zero attached hydrogens (tertiary/aromatic N) is 2. The number of benzene rings is 2. The minimum absolute atomic E-state index is 0.141. The van der Waals surface area contributed by atoms with Gasteiger partial charge in [0.05, 0.1) is 11.4 Å². The first kappa shape index (κ1) is 26.0. The zero-order chi connectivity index (χ0) is 27.7. The quantitative estimate of drug-likeness (QED) is 0.559. The molecule has 12 heteroatoms. The van der Waals surface area contributed by atoms with E-state index in [1.807, 2.05) is 0 Å².